The topological polar surface area (TPSA) is 46.2 Å². The van der Waals surface area contributed by atoms with E-state index in [4.69, 9.17) is 36.5 Å². The van der Waals surface area contributed by atoms with Gasteiger partial charge in [0.2, 0.25) is 0 Å². The highest BCUT2D eigenvalue weighted by Crippen LogP contribution is 2.52. The summed E-state index contributed by atoms with van der Waals surface area (Å²) in [5, 5.41) is 4.41. The maximum Gasteiger partial charge on any atom is 0.132 e. The average Bonchev–Trinajstić information content (AvgIpc) is 3.07. The molecule has 45 heavy (non-hydrogen) atoms. The molecule has 0 unspecified atom stereocenters. The van der Waals surface area contributed by atoms with Crippen LogP contribution >= 0.6 is 0 Å². The molecular weight excluding hydrogens is 560 g/mol. The van der Waals surface area contributed by atoms with E-state index in [1.807, 2.05) is 12.1 Å². The second kappa shape index (κ2) is 14.2. The predicted molar refractivity (Wildman–Crippen MR) is 180 cm³/mol. The molecule has 0 saturated heterocycles. The number of hydrogen-bond donors (Lipinski definition) is 0. The summed E-state index contributed by atoms with van der Waals surface area (Å²) in [6.07, 6.45) is 12.7. The van der Waals surface area contributed by atoms with E-state index in [9.17, 15) is 0 Å². The van der Waals surface area contributed by atoms with Crippen molar-refractivity contribution in [1.82, 2.24) is 0 Å². The van der Waals surface area contributed by atoms with Crippen LogP contribution in [0.3, 0.4) is 0 Å². The van der Waals surface area contributed by atoms with E-state index < -0.39 is 0 Å². The van der Waals surface area contributed by atoms with Crippen LogP contribution in [-0.4, -0.2) is 39.6 Å². The molecule has 0 radical (unpaired) electrons. The highest BCUT2D eigenvalue weighted by atomic mass is 16.5. The van der Waals surface area contributed by atoms with Crippen LogP contribution < -0.4 is 14.2 Å². The van der Waals surface area contributed by atoms with Gasteiger partial charge in [0, 0.05) is 17.0 Å². The van der Waals surface area contributed by atoms with Gasteiger partial charge in [0.25, 0.3) is 0 Å². The molecule has 226 valence electrons. The van der Waals surface area contributed by atoms with E-state index in [0.29, 0.717) is 26.4 Å². The fourth-order valence-electron chi connectivity index (χ4n) is 6.04. The summed E-state index contributed by atoms with van der Waals surface area (Å²) in [5.74, 6) is 8.20. The lowest BCUT2D eigenvalue weighted by Gasteiger charge is -2.31. The van der Waals surface area contributed by atoms with E-state index in [-0.39, 0.29) is 19.1 Å². The predicted octanol–water partition coefficient (Wildman–Crippen LogP) is 8.29. The average molecular weight is 597 g/mol. The lowest BCUT2D eigenvalue weighted by molar-refractivity contribution is 0.124. The van der Waals surface area contributed by atoms with Gasteiger partial charge in [0.05, 0.1) is 13.2 Å². The fourth-order valence-corrected chi connectivity index (χ4v) is 6.04. The molecule has 5 aromatic carbocycles. The Morgan fingerprint density at radius 2 is 1.18 bits per heavy atom. The zero-order chi connectivity index (χ0) is 31.0. The maximum absolute atomic E-state index is 6.65. The lowest BCUT2D eigenvalue weighted by atomic mass is 9.78. The zero-order valence-corrected chi connectivity index (χ0v) is 25.5. The second-order valence-corrected chi connectivity index (χ2v) is 11.0. The number of aryl methyl sites for hydroxylation is 1. The van der Waals surface area contributed by atoms with Gasteiger partial charge in [-0.25, -0.2) is 0 Å². The van der Waals surface area contributed by atoms with Gasteiger partial charge in [-0.05, 0) is 75.5 Å². The van der Waals surface area contributed by atoms with E-state index in [1.54, 1.807) is 0 Å². The molecule has 5 aromatic rings. The minimum absolute atomic E-state index is 0.0420. The first-order valence-electron chi connectivity index (χ1n) is 15.4. The van der Waals surface area contributed by atoms with E-state index in [0.717, 1.165) is 68.5 Å². The van der Waals surface area contributed by atoms with Crippen molar-refractivity contribution in [1.29, 1.82) is 0 Å². The zero-order valence-electron chi connectivity index (χ0n) is 25.5. The molecule has 0 aromatic heterocycles. The van der Waals surface area contributed by atoms with Crippen molar-refractivity contribution < 1.29 is 23.7 Å². The van der Waals surface area contributed by atoms with Gasteiger partial charge in [-0.2, -0.15) is 0 Å². The second-order valence-electron chi connectivity index (χ2n) is 11.0. The summed E-state index contributed by atoms with van der Waals surface area (Å²) < 4.78 is 29.3. The molecule has 0 N–H and O–H groups in total. The Balaban J connectivity index is 1.41. The van der Waals surface area contributed by atoms with Crippen LogP contribution in [0.4, 0.5) is 0 Å². The van der Waals surface area contributed by atoms with Crippen LogP contribution in [0.25, 0.3) is 21.5 Å². The summed E-state index contributed by atoms with van der Waals surface area (Å²) in [7, 11) is 0. The third-order valence-corrected chi connectivity index (χ3v) is 8.00. The lowest BCUT2D eigenvalue weighted by Crippen LogP contribution is -2.13. The Kier molecular flexibility index (Phi) is 9.52. The third kappa shape index (κ3) is 6.61. The van der Waals surface area contributed by atoms with Crippen molar-refractivity contribution in [2.45, 2.75) is 25.7 Å². The molecule has 0 bridgehead atoms. The molecule has 5 nitrogen and oxygen atoms in total. The van der Waals surface area contributed by atoms with Gasteiger partial charge in [-0.1, -0.05) is 73.7 Å². The van der Waals surface area contributed by atoms with Crippen LogP contribution in [0, 0.1) is 24.7 Å². The molecular formula is C40H36O5. The summed E-state index contributed by atoms with van der Waals surface area (Å²) in [6, 6.07) is 29.9. The maximum atomic E-state index is 6.65. The number of rotatable bonds is 13. The standard InChI is InChI=1S/C40H36O5/c1-4-7-28-8-10-29(11-9-28)38-39-34-16-14-32(43-24-22-41-20-5-2)26-30(34)12-18-36(39)45-37-19-13-31-27-33(15-17-35(31)40(37)38)44-25-23-42-21-6-3/h2-3,8-19,26-27,38H,4,7,20-25H2,1H3. The van der Waals surface area contributed by atoms with Crippen molar-refractivity contribution in [3.8, 4) is 47.7 Å². The Hall–Kier alpha value is -4.94. The highest BCUT2D eigenvalue weighted by Gasteiger charge is 2.32. The Morgan fingerprint density at radius 1 is 0.644 bits per heavy atom. The van der Waals surface area contributed by atoms with E-state index in [2.05, 4.69) is 91.6 Å². The third-order valence-electron chi connectivity index (χ3n) is 8.00. The number of fused-ring (bicyclic) bond motifs is 6. The Bertz CT molecular complexity index is 1760. The van der Waals surface area contributed by atoms with Gasteiger partial charge in [0.1, 0.15) is 49.4 Å². The fraction of sp³-hybridized carbons (Fsp3) is 0.250. The van der Waals surface area contributed by atoms with Gasteiger partial charge in [-0.3, -0.25) is 0 Å². The van der Waals surface area contributed by atoms with Crippen LogP contribution in [0.1, 0.15) is 41.5 Å². The van der Waals surface area contributed by atoms with Gasteiger partial charge >= 0.3 is 0 Å². The van der Waals surface area contributed by atoms with E-state index in [1.165, 1.54) is 11.1 Å². The molecule has 0 aliphatic carbocycles. The molecule has 0 saturated carbocycles. The van der Waals surface area contributed by atoms with Gasteiger partial charge in [-0.15, -0.1) is 12.8 Å². The molecule has 0 fully saturated rings. The summed E-state index contributed by atoms with van der Waals surface area (Å²) in [6.45, 7) is 4.50. The Morgan fingerprint density at radius 3 is 1.67 bits per heavy atom. The van der Waals surface area contributed by atoms with Crippen molar-refractivity contribution >= 4 is 21.5 Å². The van der Waals surface area contributed by atoms with Crippen LogP contribution in [0.15, 0.2) is 84.9 Å². The number of hydrogen-bond acceptors (Lipinski definition) is 5. The molecule has 6 rings (SSSR count). The SMILES string of the molecule is C#CCOCCOc1ccc2c3c(ccc2c1)Oc1ccc2cc(OCCOCC#C)ccc2c1C3c1ccc(CCC)cc1. The number of benzene rings is 5. The van der Waals surface area contributed by atoms with E-state index >= 15 is 0 Å². The van der Waals surface area contributed by atoms with Crippen molar-refractivity contribution in [2.75, 3.05) is 39.6 Å². The first-order chi connectivity index (χ1) is 22.2. The smallest absolute Gasteiger partial charge is 0.132 e. The molecule has 1 aliphatic heterocycles. The minimum atomic E-state index is -0.0420. The molecule has 0 atom stereocenters. The number of ether oxygens (including phenoxy) is 5. The molecule has 0 spiro atoms. The highest BCUT2D eigenvalue weighted by molar-refractivity contribution is 5.96. The molecule has 5 heteroatoms. The first-order valence-corrected chi connectivity index (χ1v) is 15.4. The minimum Gasteiger partial charge on any atom is -0.491 e. The van der Waals surface area contributed by atoms with Gasteiger partial charge in [0.15, 0.2) is 0 Å². The molecule has 0 amide bonds. The van der Waals surface area contributed by atoms with Crippen molar-refractivity contribution in [3.63, 3.8) is 0 Å². The monoisotopic (exact) mass is 596 g/mol. The quantitative estimate of drug-likeness (QED) is 0.0992. The van der Waals surface area contributed by atoms with Crippen LogP contribution in [0.2, 0.25) is 0 Å². The molecule has 1 heterocycles. The van der Waals surface area contributed by atoms with Crippen molar-refractivity contribution in [3.05, 3.63) is 107 Å². The molecule has 1 aliphatic rings. The van der Waals surface area contributed by atoms with Crippen molar-refractivity contribution in [2.24, 2.45) is 0 Å². The summed E-state index contributed by atoms with van der Waals surface area (Å²) in [5.41, 5.74) is 4.85. The largest absolute Gasteiger partial charge is 0.491 e. The number of terminal acetylenes is 2. The van der Waals surface area contributed by atoms with Gasteiger partial charge < -0.3 is 23.7 Å². The summed E-state index contributed by atoms with van der Waals surface area (Å²) in [4.78, 5) is 0. The van der Waals surface area contributed by atoms with Crippen LogP contribution in [0.5, 0.6) is 23.0 Å². The normalized spacial score (nSPS) is 12.2. The van der Waals surface area contributed by atoms with Crippen LogP contribution in [-0.2, 0) is 15.9 Å². The Labute approximate surface area is 265 Å². The summed E-state index contributed by atoms with van der Waals surface area (Å²) >= 11 is 0. The first kappa shape index (κ1) is 30.1.